The number of nitro benzene ring substituents is 1. The molecule has 0 spiro atoms. The van der Waals surface area contributed by atoms with E-state index in [1.807, 2.05) is 6.92 Å². The monoisotopic (exact) mass is 520 g/mol. The van der Waals surface area contributed by atoms with Crippen LogP contribution in [0.5, 0.6) is 0 Å². The van der Waals surface area contributed by atoms with E-state index in [2.05, 4.69) is 0 Å². The molecule has 2 amide bonds. The second-order valence-corrected chi connectivity index (χ2v) is 8.91. The smallest absolute Gasteiger partial charge is 0.339 e. The minimum atomic E-state index is -1.41. The number of amides is 2. The number of aryl methyl sites for hydroxylation is 1. The summed E-state index contributed by atoms with van der Waals surface area (Å²) in [5.74, 6) is -2.53. The largest absolute Gasteiger partial charge is 0.445 e. The van der Waals surface area contributed by atoms with Gasteiger partial charge >= 0.3 is 5.97 Å². The van der Waals surface area contributed by atoms with Gasteiger partial charge in [0.15, 0.2) is 6.10 Å². The van der Waals surface area contributed by atoms with E-state index in [1.165, 1.54) is 42.5 Å². The average Bonchev–Trinajstić information content (AvgIpc) is 3.21. The van der Waals surface area contributed by atoms with Crippen molar-refractivity contribution in [3.8, 4) is 0 Å². The van der Waals surface area contributed by atoms with Crippen molar-refractivity contribution in [2.45, 2.75) is 13.0 Å². The van der Waals surface area contributed by atoms with E-state index >= 15 is 0 Å². The normalized spacial score (nSPS) is 13.1. The summed E-state index contributed by atoms with van der Waals surface area (Å²) in [7, 11) is 0. The first kappa shape index (κ1) is 25.2. The number of benzene rings is 4. The molecule has 0 N–H and O–H groups in total. The summed E-state index contributed by atoms with van der Waals surface area (Å²) in [6, 6.07) is 24.2. The third-order valence-corrected chi connectivity index (χ3v) is 6.34. The van der Waals surface area contributed by atoms with E-state index in [0.717, 1.165) is 10.5 Å². The highest BCUT2D eigenvalue weighted by molar-refractivity contribution is 6.34. The van der Waals surface area contributed by atoms with Gasteiger partial charge in [0.25, 0.3) is 17.5 Å². The second kappa shape index (κ2) is 10.1. The van der Waals surface area contributed by atoms with Crippen LogP contribution in [-0.4, -0.2) is 28.5 Å². The van der Waals surface area contributed by atoms with E-state index in [-0.39, 0.29) is 33.5 Å². The number of esters is 1. The number of hydrogen-bond donors (Lipinski definition) is 0. The fourth-order valence-corrected chi connectivity index (χ4v) is 4.27. The second-order valence-electron chi connectivity index (χ2n) is 8.91. The molecule has 192 valence electrons. The molecule has 0 aromatic heterocycles. The zero-order valence-corrected chi connectivity index (χ0v) is 20.6. The van der Waals surface area contributed by atoms with Gasteiger partial charge in [-0.2, -0.15) is 0 Å². The summed E-state index contributed by atoms with van der Waals surface area (Å²) in [6.45, 7) is 1.89. The average molecular weight is 520 g/mol. The molecule has 1 aliphatic rings. The highest BCUT2D eigenvalue weighted by atomic mass is 16.6. The van der Waals surface area contributed by atoms with E-state index in [0.29, 0.717) is 5.69 Å². The lowest BCUT2D eigenvalue weighted by molar-refractivity contribution is -0.384. The SMILES string of the molecule is Cc1ccc(N2C(=O)c3ccc(C(=O)O[C@H](C(=O)c4ccccc4)c4ccc([N+](=O)[O-])cc4)cc3C2=O)cc1. The number of Topliss-reactive ketones (excluding diaryl/α,β-unsaturated/α-hetero) is 1. The van der Waals surface area contributed by atoms with E-state index in [9.17, 15) is 29.3 Å². The Bertz CT molecular complexity index is 1630. The molecular formula is C30H20N2O7. The molecule has 39 heavy (non-hydrogen) atoms. The van der Waals surface area contributed by atoms with Crippen molar-refractivity contribution in [3.63, 3.8) is 0 Å². The van der Waals surface area contributed by atoms with Gasteiger partial charge in [-0.25, -0.2) is 9.69 Å². The summed E-state index contributed by atoms with van der Waals surface area (Å²) in [5, 5.41) is 11.1. The number of anilines is 1. The molecule has 0 unspecified atom stereocenters. The maximum absolute atomic E-state index is 13.3. The molecule has 1 aliphatic heterocycles. The van der Waals surface area contributed by atoms with Crippen LogP contribution in [0.1, 0.15) is 58.7 Å². The van der Waals surface area contributed by atoms with Crippen molar-refractivity contribution in [1.82, 2.24) is 0 Å². The number of nitrogens with zero attached hydrogens (tertiary/aromatic N) is 2. The van der Waals surface area contributed by atoms with Crippen LogP contribution in [0, 0.1) is 17.0 Å². The third-order valence-electron chi connectivity index (χ3n) is 6.34. The van der Waals surface area contributed by atoms with Crippen molar-refractivity contribution < 1.29 is 28.8 Å². The van der Waals surface area contributed by atoms with Crippen molar-refractivity contribution in [3.05, 3.63) is 141 Å². The van der Waals surface area contributed by atoms with Gasteiger partial charge in [-0.3, -0.25) is 24.5 Å². The number of ether oxygens (including phenoxy) is 1. The lowest BCUT2D eigenvalue weighted by Gasteiger charge is -2.17. The lowest BCUT2D eigenvalue weighted by atomic mass is 9.99. The first-order chi connectivity index (χ1) is 18.7. The van der Waals surface area contributed by atoms with Crippen molar-refractivity contribution in [2.75, 3.05) is 4.90 Å². The Kier molecular flexibility index (Phi) is 6.56. The number of rotatable bonds is 7. The highest BCUT2D eigenvalue weighted by Gasteiger charge is 2.37. The summed E-state index contributed by atoms with van der Waals surface area (Å²) >= 11 is 0. The molecule has 1 heterocycles. The van der Waals surface area contributed by atoms with Gasteiger partial charge in [0.2, 0.25) is 5.78 Å². The predicted molar refractivity (Wildman–Crippen MR) is 141 cm³/mol. The van der Waals surface area contributed by atoms with E-state index in [4.69, 9.17) is 4.74 Å². The minimum Gasteiger partial charge on any atom is -0.445 e. The van der Waals surface area contributed by atoms with E-state index < -0.39 is 34.6 Å². The molecular weight excluding hydrogens is 500 g/mol. The van der Waals surface area contributed by atoms with Crippen LogP contribution in [-0.2, 0) is 4.74 Å². The van der Waals surface area contributed by atoms with Crippen LogP contribution < -0.4 is 4.90 Å². The number of nitro groups is 1. The first-order valence-corrected chi connectivity index (χ1v) is 11.9. The van der Waals surface area contributed by atoms with Crippen molar-refractivity contribution in [2.24, 2.45) is 0 Å². The Morgan fingerprint density at radius 1 is 0.795 bits per heavy atom. The van der Waals surface area contributed by atoms with E-state index in [1.54, 1.807) is 54.6 Å². The molecule has 9 nitrogen and oxygen atoms in total. The topological polar surface area (TPSA) is 124 Å². The number of carbonyl (C=O) groups is 4. The van der Waals surface area contributed by atoms with Gasteiger partial charge in [-0.05, 0) is 49.4 Å². The zero-order chi connectivity index (χ0) is 27.7. The molecule has 0 radical (unpaired) electrons. The number of hydrogen-bond acceptors (Lipinski definition) is 7. The van der Waals surface area contributed by atoms with Gasteiger partial charge in [-0.1, -0.05) is 48.0 Å². The molecule has 1 atom stereocenters. The molecule has 9 heteroatoms. The fraction of sp³-hybridized carbons (Fsp3) is 0.0667. The van der Waals surface area contributed by atoms with Crippen LogP contribution in [0.25, 0.3) is 0 Å². The fourth-order valence-electron chi connectivity index (χ4n) is 4.27. The van der Waals surface area contributed by atoms with Crippen molar-refractivity contribution in [1.29, 1.82) is 0 Å². The first-order valence-electron chi connectivity index (χ1n) is 11.9. The van der Waals surface area contributed by atoms with Gasteiger partial charge < -0.3 is 4.74 Å². The summed E-state index contributed by atoms with van der Waals surface area (Å²) in [4.78, 5) is 64.2. The number of ketones is 1. The molecule has 4 aromatic carbocycles. The number of carbonyl (C=O) groups excluding carboxylic acids is 4. The summed E-state index contributed by atoms with van der Waals surface area (Å²) < 4.78 is 5.62. The molecule has 0 aliphatic carbocycles. The quantitative estimate of drug-likeness (QED) is 0.104. The van der Waals surface area contributed by atoms with Crippen LogP contribution in [0.4, 0.5) is 11.4 Å². The summed E-state index contributed by atoms with van der Waals surface area (Å²) in [5.41, 5.74) is 1.85. The van der Waals surface area contributed by atoms with Gasteiger partial charge in [0.05, 0.1) is 27.3 Å². The minimum absolute atomic E-state index is 0.0339. The highest BCUT2D eigenvalue weighted by Crippen LogP contribution is 2.31. The summed E-state index contributed by atoms with van der Waals surface area (Å²) in [6.07, 6.45) is -1.41. The predicted octanol–water partition coefficient (Wildman–Crippen LogP) is 5.48. The molecule has 0 bridgehead atoms. The van der Waals surface area contributed by atoms with Gasteiger partial charge in [-0.15, -0.1) is 0 Å². The molecule has 0 fully saturated rings. The number of imide groups is 1. The van der Waals surface area contributed by atoms with Crippen LogP contribution >= 0.6 is 0 Å². The maximum atomic E-state index is 13.3. The van der Waals surface area contributed by atoms with Gasteiger partial charge in [0.1, 0.15) is 0 Å². The van der Waals surface area contributed by atoms with Crippen LogP contribution in [0.3, 0.4) is 0 Å². The van der Waals surface area contributed by atoms with Gasteiger partial charge in [0, 0.05) is 23.3 Å². The Morgan fingerprint density at radius 2 is 1.44 bits per heavy atom. The van der Waals surface area contributed by atoms with Crippen molar-refractivity contribution >= 4 is 34.9 Å². The Balaban J connectivity index is 1.45. The third kappa shape index (κ3) is 4.80. The Labute approximate surface area is 222 Å². The maximum Gasteiger partial charge on any atom is 0.339 e. The molecule has 0 saturated heterocycles. The Morgan fingerprint density at radius 3 is 2.08 bits per heavy atom. The van der Waals surface area contributed by atoms with Crippen LogP contribution in [0.2, 0.25) is 0 Å². The number of fused-ring (bicyclic) bond motifs is 1. The molecule has 4 aromatic rings. The molecule has 0 saturated carbocycles. The Hall–Kier alpha value is -5.44. The van der Waals surface area contributed by atoms with Crippen LogP contribution in [0.15, 0.2) is 97.1 Å². The standard InChI is InChI=1S/C30H20N2O7/c1-18-7-12-22(13-8-18)31-28(34)24-16-11-21(17-25(24)29(31)35)30(36)39-27(26(33)19-5-3-2-4-6-19)20-9-14-23(15-10-20)32(37)38/h2-17,27H,1H3/t27-/m0/s1. The number of non-ortho nitro benzene ring substituents is 1. The lowest BCUT2D eigenvalue weighted by Crippen LogP contribution is -2.29. The molecule has 5 rings (SSSR count). The zero-order valence-electron chi connectivity index (χ0n) is 20.6.